The first-order valence-electron chi connectivity index (χ1n) is 9.30. The van der Waals surface area contributed by atoms with Gasteiger partial charge in [0.05, 0.1) is 12.5 Å². The Morgan fingerprint density at radius 3 is 2.64 bits per heavy atom. The monoisotopic (exact) mass is 340 g/mol. The molecule has 3 atom stereocenters. The van der Waals surface area contributed by atoms with Crippen LogP contribution in [0.15, 0.2) is 30.5 Å². The standard InChI is InChI=1S/C21H28N2O2/c1-15-8-4-7-11-19(15)22(3)21(25)14-20-18-10-6-5-9-17(18)12-13-23(20)16(2)24/h5-6,9-10,12-13,15,19-20H,4,7-8,11,14H2,1-3H3. The fourth-order valence-electron chi connectivity index (χ4n) is 4.28. The third-order valence-electron chi connectivity index (χ3n) is 5.79. The molecule has 4 nitrogen and oxygen atoms in total. The molecule has 1 aliphatic carbocycles. The van der Waals surface area contributed by atoms with Crippen molar-refractivity contribution in [2.45, 2.75) is 58.0 Å². The summed E-state index contributed by atoms with van der Waals surface area (Å²) in [7, 11) is 1.93. The molecule has 1 aliphatic heterocycles. The van der Waals surface area contributed by atoms with E-state index in [1.807, 2.05) is 48.5 Å². The van der Waals surface area contributed by atoms with Crippen LogP contribution in [0.2, 0.25) is 0 Å². The maximum absolute atomic E-state index is 13.0. The second-order valence-corrected chi connectivity index (χ2v) is 7.42. The summed E-state index contributed by atoms with van der Waals surface area (Å²) >= 11 is 0. The lowest BCUT2D eigenvalue weighted by atomic mass is 9.84. The predicted molar refractivity (Wildman–Crippen MR) is 99.5 cm³/mol. The number of nitrogens with zero attached hydrogens (tertiary/aromatic N) is 2. The number of amides is 2. The zero-order chi connectivity index (χ0) is 18.0. The van der Waals surface area contributed by atoms with E-state index in [9.17, 15) is 9.59 Å². The van der Waals surface area contributed by atoms with E-state index in [1.54, 1.807) is 11.8 Å². The third-order valence-corrected chi connectivity index (χ3v) is 5.79. The van der Waals surface area contributed by atoms with Gasteiger partial charge < -0.3 is 9.80 Å². The highest BCUT2D eigenvalue weighted by Gasteiger charge is 2.32. The first-order valence-corrected chi connectivity index (χ1v) is 9.30. The Morgan fingerprint density at radius 2 is 1.92 bits per heavy atom. The van der Waals surface area contributed by atoms with Gasteiger partial charge in [-0.05, 0) is 36.0 Å². The Labute approximate surface area is 150 Å². The lowest BCUT2D eigenvalue weighted by Gasteiger charge is -2.38. The zero-order valence-corrected chi connectivity index (χ0v) is 15.4. The molecule has 134 valence electrons. The van der Waals surface area contributed by atoms with Crippen molar-refractivity contribution in [1.82, 2.24) is 9.80 Å². The van der Waals surface area contributed by atoms with Crippen LogP contribution in [0, 0.1) is 5.92 Å². The molecule has 25 heavy (non-hydrogen) atoms. The topological polar surface area (TPSA) is 40.6 Å². The molecule has 2 aliphatic rings. The number of fused-ring (bicyclic) bond motifs is 1. The molecule has 1 heterocycles. The van der Waals surface area contributed by atoms with Crippen LogP contribution >= 0.6 is 0 Å². The van der Waals surface area contributed by atoms with Crippen LogP contribution in [0.3, 0.4) is 0 Å². The molecule has 0 spiro atoms. The lowest BCUT2D eigenvalue weighted by molar-refractivity contribution is -0.136. The molecule has 0 N–H and O–H groups in total. The highest BCUT2D eigenvalue weighted by Crippen LogP contribution is 2.34. The second kappa shape index (κ2) is 7.42. The quantitative estimate of drug-likeness (QED) is 0.835. The Morgan fingerprint density at radius 1 is 1.20 bits per heavy atom. The highest BCUT2D eigenvalue weighted by molar-refractivity contribution is 5.82. The van der Waals surface area contributed by atoms with Crippen molar-refractivity contribution in [1.29, 1.82) is 0 Å². The maximum Gasteiger partial charge on any atom is 0.225 e. The van der Waals surface area contributed by atoms with Gasteiger partial charge in [0, 0.05) is 26.2 Å². The molecule has 1 saturated carbocycles. The van der Waals surface area contributed by atoms with Crippen molar-refractivity contribution in [3.05, 3.63) is 41.6 Å². The fourth-order valence-corrected chi connectivity index (χ4v) is 4.28. The SMILES string of the molecule is CC(=O)N1C=Cc2ccccc2C1CC(=O)N(C)C1CCCCC1C. The van der Waals surface area contributed by atoms with Gasteiger partial charge in [-0.1, -0.05) is 44.0 Å². The van der Waals surface area contributed by atoms with Gasteiger partial charge in [0.1, 0.15) is 0 Å². The summed E-state index contributed by atoms with van der Waals surface area (Å²) in [5.41, 5.74) is 2.14. The van der Waals surface area contributed by atoms with Crippen LogP contribution in [0.1, 0.15) is 63.1 Å². The van der Waals surface area contributed by atoms with Gasteiger partial charge >= 0.3 is 0 Å². The predicted octanol–water partition coefficient (Wildman–Crippen LogP) is 3.99. The van der Waals surface area contributed by atoms with Crippen molar-refractivity contribution in [2.75, 3.05) is 7.05 Å². The first-order chi connectivity index (χ1) is 12.0. The minimum absolute atomic E-state index is 0.0303. The molecular formula is C21H28N2O2. The van der Waals surface area contributed by atoms with Gasteiger partial charge in [-0.2, -0.15) is 0 Å². The highest BCUT2D eigenvalue weighted by atomic mass is 16.2. The van der Waals surface area contributed by atoms with E-state index in [1.165, 1.54) is 19.3 Å². The van der Waals surface area contributed by atoms with Crippen LogP contribution in [0.4, 0.5) is 0 Å². The van der Waals surface area contributed by atoms with Crippen molar-refractivity contribution in [2.24, 2.45) is 5.92 Å². The summed E-state index contributed by atoms with van der Waals surface area (Å²) < 4.78 is 0. The summed E-state index contributed by atoms with van der Waals surface area (Å²) in [6.45, 7) is 3.80. The summed E-state index contributed by atoms with van der Waals surface area (Å²) in [5.74, 6) is 0.641. The van der Waals surface area contributed by atoms with E-state index < -0.39 is 0 Å². The molecule has 0 aromatic heterocycles. The van der Waals surface area contributed by atoms with Gasteiger partial charge in [-0.3, -0.25) is 9.59 Å². The molecule has 4 heteroatoms. The summed E-state index contributed by atoms with van der Waals surface area (Å²) in [6, 6.07) is 8.13. The van der Waals surface area contributed by atoms with E-state index in [-0.39, 0.29) is 17.9 Å². The zero-order valence-electron chi connectivity index (χ0n) is 15.4. The Balaban J connectivity index is 1.80. The minimum Gasteiger partial charge on any atom is -0.342 e. The molecule has 0 radical (unpaired) electrons. The van der Waals surface area contributed by atoms with E-state index >= 15 is 0 Å². The van der Waals surface area contributed by atoms with E-state index in [0.717, 1.165) is 17.5 Å². The number of carbonyl (C=O) groups excluding carboxylic acids is 2. The number of hydrogen-bond acceptors (Lipinski definition) is 2. The number of rotatable bonds is 3. The van der Waals surface area contributed by atoms with E-state index in [2.05, 4.69) is 6.92 Å². The van der Waals surface area contributed by atoms with E-state index in [0.29, 0.717) is 18.4 Å². The Kier molecular flexibility index (Phi) is 5.26. The molecule has 1 fully saturated rings. The van der Waals surface area contributed by atoms with Crippen LogP contribution in [-0.2, 0) is 9.59 Å². The second-order valence-electron chi connectivity index (χ2n) is 7.42. The van der Waals surface area contributed by atoms with Crippen molar-refractivity contribution < 1.29 is 9.59 Å². The molecule has 2 amide bonds. The molecule has 3 rings (SSSR count). The van der Waals surface area contributed by atoms with E-state index in [4.69, 9.17) is 0 Å². The van der Waals surface area contributed by atoms with Crippen LogP contribution in [0.5, 0.6) is 0 Å². The smallest absolute Gasteiger partial charge is 0.225 e. The van der Waals surface area contributed by atoms with Gasteiger partial charge in [0.15, 0.2) is 0 Å². The molecule has 0 saturated heterocycles. The lowest BCUT2D eigenvalue weighted by Crippen LogP contribution is -2.44. The largest absolute Gasteiger partial charge is 0.342 e. The summed E-state index contributed by atoms with van der Waals surface area (Å²) in [6.07, 6.45) is 8.83. The van der Waals surface area contributed by atoms with Gasteiger partial charge in [0.25, 0.3) is 0 Å². The minimum atomic E-state index is -0.215. The van der Waals surface area contributed by atoms with Crippen LogP contribution < -0.4 is 0 Å². The van der Waals surface area contributed by atoms with Gasteiger partial charge in [0.2, 0.25) is 11.8 Å². The molecule has 3 unspecified atom stereocenters. The van der Waals surface area contributed by atoms with Crippen LogP contribution in [0.25, 0.3) is 6.08 Å². The third kappa shape index (κ3) is 3.63. The van der Waals surface area contributed by atoms with Crippen LogP contribution in [-0.4, -0.2) is 34.7 Å². The number of hydrogen-bond donors (Lipinski definition) is 0. The van der Waals surface area contributed by atoms with Crippen molar-refractivity contribution >= 4 is 17.9 Å². The van der Waals surface area contributed by atoms with Crippen molar-refractivity contribution in [3.63, 3.8) is 0 Å². The Hall–Kier alpha value is -2.10. The summed E-state index contributed by atoms with van der Waals surface area (Å²) in [4.78, 5) is 28.7. The molecule has 0 bridgehead atoms. The molecule has 1 aromatic rings. The number of benzene rings is 1. The fraction of sp³-hybridized carbons (Fsp3) is 0.524. The molecule has 1 aromatic carbocycles. The first kappa shape index (κ1) is 17.7. The number of carbonyl (C=O) groups is 2. The molecular weight excluding hydrogens is 312 g/mol. The Bertz CT molecular complexity index is 682. The van der Waals surface area contributed by atoms with Gasteiger partial charge in [-0.25, -0.2) is 0 Å². The normalized spacial score (nSPS) is 25.4. The average molecular weight is 340 g/mol. The summed E-state index contributed by atoms with van der Waals surface area (Å²) in [5, 5.41) is 0. The maximum atomic E-state index is 13.0. The van der Waals surface area contributed by atoms with Gasteiger partial charge in [-0.15, -0.1) is 0 Å². The average Bonchev–Trinajstić information content (AvgIpc) is 2.61. The van der Waals surface area contributed by atoms with Crippen molar-refractivity contribution in [3.8, 4) is 0 Å².